The lowest BCUT2D eigenvalue weighted by molar-refractivity contribution is -0.895. The van der Waals surface area contributed by atoms with Gasteiger partial charge in [0.25, 0.3) is 5.91 Å². The number of rotatable bonds is 8. The summed E-state index contributed by atoms with van der Waals surface area (Å²) < 4.78 is 18.5. The molecule has 2 aromatic carbocycles. The number of carbonyl (C=O) groups excluding carboxylic acids is 2. The van der Waals surface area contributed by atoms with Gasteiger partial charge < -0.3 is 19.9 Å². The number of para-hydroxylation sites is 1. The van der Waals surface area contributed by atoms with E-state index in [1.165, 1.54) is 12.1 Å². The predicted molar refractivity (Wildman–Crippen MR) is 108 cm³/mol. The predicted octanol–water partition coefficient (Wildman–Crippen LogP) is 1.35. The molecule has 1 heterocycles. The molecule has 0 aromatic heterocycles. The van der Waals surface area contributed by atoms with E-state index in [1.807, 2.05) is 35.2 Å². The number of amides is 2. The normalized spacial score (nSPS) is 14.4. The summed E-state index contributed by atoms with van der Waals surface area (Å²) in [6.07, 6.45) is 1.15. The van der Waals surface area contributed by atoms with Crippen LogP contribution in [0.3, 0.4) is 0 Å². The molecule has 0 atom stereocenters. The van der Waals surface area contributed by atoms with Gasteiger partial charge in [0.1, 0.15) is 11.6 Å². The molecule has 0 bridgehead atoms. The third kappa shape index (κ3) is 6.87. The lowest BCUT2D eigenvalue weighted by Crippen LogP contribution is -3.15. The summed E-state index contributed by atoms with van der Waals surface area (Å²) in [5.41, 5.74) is 0.585. The number of ether oxygens (including phenoxy) is 1. The van der Waals surface area contributed by atoms with Crippen LogP contribution in [0.4, 0.5) is 10.1 Å². The molecule has 0 aliphatic carbocycles. The van der Waals surface area contributed by atoms with Gasteiger partial charge in [-0.25, -0.2) is 4.39 Å². The third-order valence-electron chi connectivity index (χ3n) is 4.91. The number of benzene rings is 2. The minimum atomic E-state index is -0.332. The molecule has 1 aliphatic rings. The maximum absolute atomic E-state index is 12.9. The number of anilines is 1. The monoisotopic (exact) mass is 400 g/mol. The lowest BCUT2D eigenvalue weighted by Gasteiger charge is -2.32. The third-order valence-corrected chi connectivity index (χ3v) is 4.91. The molecule has 0 unspecified atom stereocenters. The van der Waals surface area contributed by atoms with Crippen LogP contribution in [0.5, 0.6) is 5.75 Å². The van der Waals surface area contributed by atoms with Gasteiger partial charge in [-0.15, -0.1) is 0 Å². The molecule has 2 aromatic rings. The quantitative estimate of drug-likeness (QED) is 0.658. The number of quaternary nitrogens is 1. The van der Waals surface area contributed by atoms with Crippen LogP contribution in [-0.2, 0) is 9.59 Å². The minimum absolute atomic E-state index is 0.107. The Morgan fingerprint density at radius 2 is 1.72 bits per heavy atom. The van der Waals surface area contributed by atoms with Crippen molar-refractivity contribution >= 4 is 17.5 Å². The summed E-state index contributed by atoms with van der Waals surface area (Å²) in [4.78, 5) is 27.5. The Kier molecular flexibility index (Phi) is 7.58. The van der Waals surface area contributed by atoms with Crippen LogP contribution >= 0.6 is 0 Å². The van der Waals surface area contributed by atoms with Crippen LogP contribution in [0.1, 0.15) is 12.8 Å². The van der Waals surface area contributed by atoms with Gasteiger partial charge in [-0.2, -0.15) is 0 Å². The lowest BCUT2D eigenvalue weighted by atomic mass is 10.2. The maximum atomic E-state index is 12.9. The van der Waals surface area contributed by atoms with Gasteiger partial charge in [-0.05, 0) is 42.8 Å². The van der Waals surface area contributed by atoms with Crippen LogP contribution in [0.2, 0.25) is 0 Å². The molecule has 29 heavy (non-hydrogen) atoms. The van der Waals surface area contributed by atoms with E-state index in [1.54, 1.807) is 12.1 Å². The first kappa shape index (κ1) is 20.8. The van der Waals surface area contributed by atoms with Gasteiger partial charge in [0.2, 0.25) is 5.91 Å². The Morgan fingerprint density at radius 3 is 2.41 bits per heavy atom. The summed E-state index contributed by atoms with van der Waals surface area (Å²) in [6, 6.07) is 15.3. The van der Waals surface area contributed by atoms with E-state index < -0.39 is 0 Å². The Bertz CT molecular complexity index is 791. The van der Waals surface area contributed by atoms with Gasteiger partial charge in [0.15, 0.2) is 6.54 Å². The minimum Gasteiger partial charge on any atom is -0.494 e. The van der Waals surface area contributed by atoms with Crippen molar-refractivity contribution in [1.29, 1.82) is 0 Å². The van der Waals surface area contributed by atoms with Crippen LogP contribution in [0.25, 0.3) is 0 Å². The van der Waals surface area contributed by atoms with Crippen molar-refractivity contribution in [2.45, 2.75) is 12.8 Å². The highest BCUT2D eigenvalue weighted by Crippen LogP contribution is 2.09. The van der Waals surface area contributed by atoms with Gasteiger partial charge in [-0.3, -0.25) is 9.59 Å². The van der Waals surface area contributed by atoms with Gasteiger partial charge in [0.05, 0.1) is 32.8 Å². The van der Waals surface area contributed by atoms with Crippen molar-refractivity contribution in [3.63, 3.8) is 0 Å². The second-order valence-electron chi connectivity index (χ2n) is 7.13. The highest BCUT2D eigenvalue weighted by atomic mass is 19.1. The van der Waals surface area contributed by atoms with Crippen molar-refractivity contribution < 1.29 is 23.6 Å². The number of hydrogen-bond donors (Lipinski definition) is 2. The molecule has 2 N–H and O–H groups in total. The Hall–Kier alpha value is -2.93. The number of carbonyl (C=O) groups is 2. The molecule has 0 radical (unpaired) electrons. The van der Waals surface area contributed by atoms with Gasteiger partial charge >= 0.3 is 0 Å². The van der Waals surface area contributed by atoms with Crippen LogP contribution in [0, 0.1) is 5.82 Å². The average molecular weight is 400 g/mol. The Balaban J connectivity index is 1.31. The van der Waals surface area contributed by atoms with Crippen molar-refractivity contribution in [3.8, 4) is 5.75 Å². The summed E-state index contributed by atoms with van der Waals surface area (Å²) in [7, 11) is 0. The second-order valence-corrected chi connectivity index (χ2v) is 7.13. The van der Waals surface area contributed by atoms with E-state index in [4.69, 9.17) is 4.74 Å². The zero-order chi connectivity index (χ0) is 20.5. The Morgan fingerprint density at radius 1 is 1.03 bits per heavy atom. The van der Waals surface area contributed by atoms with E-state index in [0.717, 1.165) is 23.7 Å². The first-order chi connectivity index (χ1) is 14.1. The fourth-order valence-electron chi connectivity index (χ4n) is 3.30. The van der Waals surface area contributed by atoms with Gasteiger partial charge in [-0.1, -0.05) is 18.2 Å². The van der Waals surface area contributed by atoms with E-state index in [9.17, 15) is 14.0 Å². The molecular weight excluding hydrogens is 373 g/mol. The summed E-state index contributed by atoms with van der Waals surface area (Å²) in [5, 5.41) is 2.78. The maximum Gasteiger partial charge on any atom is 0.279 e. The van der Waals surface area contributed by atoms with Crippen molar-refractivity contribution in [3.05, 3.63) is 60.4 Å². The number of hydrogen-bond acceptors (Lipinski definition) is 3. The van der Waals surface area contributed by atoms with Crippen LogP contribution < -0.4 is 15.0 Å². The molecule has 1 aliphatic heterocycles. The molecule has 154 valence electrons. The first-order valence-corrected chi connectivity index (χ1v) is 9.95. The summed E-state index contributed by atoms with van der Waals surface area (Å²) >= 11 is 0. The molecule has 0 spiro atoms. The highest BCUT2D eigenvalue weighted by Gasteiger charge is 2.24. The number of piperazine rings is 1. The van der Waals surface area contributed by atoms with E-state index >= 15 is 0 Å². The fraction of sp³-hybridized carbons (Fsp3) is 0.364. The SMILES string of the molecule is O=C(C[NH+]1CCN(C(=O)CCCOc2ccccc2)CC1)Nc1ccc(F)cc1. The first-order valence-electron chi connectivity index (χ1n) is 9.95. The van der Waals surface area contributed by atoms with Crippen molar-refractivity contribution in [2.75, 3.05) is 44.6 Å². The summed E-state index contributed by atoms with van der Waals surface area (Å²) in [6.45, 7) is 3.64. The number of halogens is 1. The molecule has 3 rings (SSSR count). The standard InChI is InChI=1S/C22H26FN3O3/c23-18-8-10-19(11-9-18)24-21(27)17-25-12-14-26(15-13-25)22(28)7-4-16-29-20-5-2-1-3-6-20/h1-3,5-6,8-11H,4,7,12-17H2,(H,24,27)/p+1. The van der Waals surface area contributed by atoms with Crippen LogP contribution in [0.15, 0.2) is 54.6 Å². The molecule has 1 fully saturated rings. The van der Waals surface area contributed by atoms with Crippen LogP contribution in [-0.4, -0.2) is 56.0 Å². The number of nitrogens with one attached hydrogen (secondary N) is 2. The Labute approximate surface area is 170 Å². The summed E-state index contributed by atoms with van der Waals surface area (Å²) in [5.74, 6) is 0.512. The second kappa shape index (κ2) is 10.6. The van der Waals surface area contributed by atoms with E-state index in [-0.39, 0.29) is 17.6 Å². The number of nitrogens with zero attached hydrogens (tertiary/aromatic N) is 1. The average Bonchev–Trinajstić information content (AvgIpc) is 2.74. The fourth-order valence-corrected chi connectivity index (χ4v) is 3.30. The van der Waals surface area contributed by atoms with E-state index in [0.29, 0.717) is 44.8 Å². The zero-order valence-corrected chi connectivity index (χ0v) is 16.4. The molecule has 7 heteroatoms. The molecule has 1 saturated heterocycles. The van der Waals surface area contributed by atoms with Gasteiger partial charge in [0, 0.05) is 12.1 Å². The van der Waals surface area contributed by atoms with Crippen molar-refractivity contribution in [2.24, 2.45) is 0 Å². The molecular formula is C22H27FN3O3+. The highest BCUT2D eigenvalue weighted by molar-refractivity contribution is 5.91. The topological polar surface area (TPSA) is 63.1 Å². The zero-order valence-electron chi connectivity index (χ0n) is 16.4. The molecule has 6 nitrogen and oxygen atoms in total. The molecule has 0 saturated carbocycles. The molecule has 2 amide bonds. The van der Waals surface area contributed by atoms with E-state index in [2.05, 4.69) is 5.32 Å². The van der Waals surface area contributed by atoms with Crippen molar-refractivity contribution in [1.82, 2.24) is 4.90 Å². The largest absolute Gasteiger partial charge is 0.494 e. The smallest absolute Gasteiger partial charge is 0.279 e.